The van der Waals surface area contributed by atoms with Crippen LogP contribution in [0.1, 0.15) is 12.0 Å². The second-order valence-corrected chi connectivity index (χ2v) is 4.94. The van der Waals surface area contributed by atoms with Crippen molar-refractivity contribution in [2.24, 2.45) is 5.73 Å². The molecule has 0 atom stereocenters. The van der Waals surface area contributed by atoms with Gasteiger partial charge in [-0.15, -0.1) is 0 Å². The average Bonchev–Trinajstić information content (AvgIpc) is 2.52. The SMILES string of the molecule is CN1CCCN(c2cccc(Cl)c2CN)CC1=O. The van der Waals surface area contributed by atoms with Gasteiger partial charge in [-0.2, -0.15) is 0 Å². The summed E-state index contributed by atoms with van der Waals surface area (Å²) >= 11 is 6.15. The van der Waals surface area contributed by atoms with Gasteiger partial charge in [0.25, 0.3) is 0 Å². The summed E-state index contributed by atoms with van der Waals surface area (Å²) in [6.45, 7) is 2.43. The van der Waals surface area contributed by atoms with Crippen LogP contribution in [0.4, 0.5) is 5.69 Å². The number of likely N-dealkylation sites (N-methyl/N-ethyl adjacent to an activating group) is 1. The van der Waals surface area contributed by atoms with Gasteiger partial charge in [-0.3, -0.25) is 4.79 Å². The lowest BCUT2D eigenvalue weighted by molar-refractivity contribution is -0.127. The standard InChI is InChI=1S/C13H18ClN3O/c1-16-6-3-7-17(9-13(16)18)12-5-2-4-11(14)10(12)8-15/h2,4-5H,3,6-9,15H2,1H3. The van der Waals surface area contributed by atoms with Gasteiger partial charge in [-0.1, -0.05) is 17.7 Å². The number of rotatable bonds is 2. The summed E-state index contributed by atoms with van der Waals surface area (Å²) < 4.78 is 0. The molecule has 1 aromatic rings. The van der Waals surface area contributed by atoms with E-state index in [0.29, 0.717) is 18.1 Å². The monoisotopic (exact) mass is 267 g/mol. The van der Waals surface area contributed by atoms with Crippen molar-refractivity contribution in [1.29, 1.82) is 0 Å². The van der Waals surface area contributed by atoms with Crippen LogP contribution in [-0.2, 0) is 11.3 Å². The van der Waals surface area contributed by atoms with Crippen LogP contribution in [0.25, 0.3) is 0 Å². The maximum atomic E-state index is 11.9. The number of carbonyl (C=O) groups is 1. The maximum absolute atomic E-state index is 11.9. The lowest BCUT2D eigenvalue weighted by atomic mass is 10.1. The minimum absolute atomic E-state index is 0.135. The largest absolute Gasteiger partial charge is 0.362 e. The van der Waals surface area contributed by atoms with Gasteiger partial charge in [0.1, 0.15) is 0 Å². The molecule has 98 valence electrons. The molecule has 1 aliphatic heterocycles. The van der Waals surface area contributed by atoms with Crippen molar-refractivity contribution in [3.05, 3.63) is 28.8 Å². The number of hydrogen-bond donors (Lipinski definition) is 1. The molecule has 18 heavy (non-hydrogen) atoms. The Morgan fingerprint density at radius 1 is 1.39 bits per heavy atom. The van der Waals surface area contributed by atoms with Gasteiger partial charge in [0.05, 0.1) is 6.54 Å². The van der Waals surface area contributed by atoms with Gasteiger partial charge in [0, 0.05) is 43.0 Å². The number of nitrogens with zero attached hydrogens (tertiary/aromatic N) is 2. The van der Waals surface area contributed by atoms with E-state index in [4.69, 9.17) is 17.3 Å². The zero-order valence-corrected chi connectivity index (χ0v) is 11.3. The molecule has 1 amide bonds. The third-order valence-corrected chi connectivity index (χ3v) is 3.67. The highest BCUT2D eigenvalue weighted by Gasteiger charge is 2.21. The number of nitrogens with two attached hydrogens (primary N) is 1. The topological polar surface area (TPSA) is 49.6 Å². The first kappa shape index (κ1) is 13.2. The van der Waals surface area contributed by atoms with Crippen LogP contribution < -0.4 is 10.6 Å². The number of carbonyl (C=O) groups excluding carboxylic acids is 1. The average molecular weight is 268 g/mol. The Labute approximate surface area is 112 Å². The van der Waals surface area contributed by atoms with Crippen LogP contribution in [0.3, 0.4) is 0 Å². The van der Waals surface area contributed by atoms with E-state index in [1.54, 1.807) is 4.90 Å². The number of benzene rings is 1. The van der Waals surface area contributed by atoms with Gasteiger partial charge in [0.2, 0.25) is 5.91 Å². The number of hydrogen-bond acceptors (Lipinski definition) is 3. The molecular weight excluding hydrogens is 250 g/mol. The Bertz CT molecular complexity index is 450. The molecule has 2 N–H and O–H groups in total. The minimum Gasteiger partial charge on any atom is -0.362 e. The molecule has 0 bridgehead atoms. The lowest BCUT2D eigenvalue weighted by Gasteiger charge is -2.25. The van der Waals surface area contributed by atoms with Gasteiger partial charge in [-0.25, -0.2) is 0 Å². The van der Waals surface area contributed by atoms with Crippen molar-refractivity contribution in [1.82, 2.24) is 4.90 Å². The fraction of sp³-hybridized carbons (Fsp3) is 0.462. The summed E-state index contributed by atoms with van der Waals surface area (Å²) in [5, 5.41) is 0.667. The Kier molecular flexibility index (Phi) is 4.09. The van der Waals surface area contributed by atoms with Crippen LogP contribution in [0.5, 0.6) is 0 Å². The molecular formula is C13H18ClN3O. The van der Waals surface area contributed by atoms with E-state index >= 15 is 0 Å². The fourth-order valence-corrected chi connectivity index (χ4v) is 2.48. The molecule has 0 aromatic heterocycles. The van der Waals surface area contributed by atoms with E-state index in [1.165, 1.54) is 0 Å². The highest BCUT2D eigenvalue weighted by Crippen LogP contribution is 2.27. The van der Waals surface area contributed by atoms with Crippen LogP contribution in [0.2, 0.25) is 5.02 Å². The molecule has 5 heteroatoms. The van der Waals surface area contributed by atoms with E-state index in [0.717, 1.165) is 30.8 Å². The smallest absolute Gasteiger partial charge is 0.241 e. The first-order chi connectivity index (χ1) is 8.63. The first-order valence-electron chi connectivity index (χ1n) is 6.10. The first-order valence-corrected chi connectivity index (χ1v) is 6.47. The van der Waals surface area contributed by atoms with Gasteiger partial charge in [0.15, 0.2) is 0 Å². The normalized spacial score (nSPS) is 16.9. The van der Waals surface area contributed by atoms with E-state index in [1.807, 2.05) is 25.2 Å². The van der Waals surface area contributed by atoms with Crippen molar-refractivity contribution in [2.45, 2.75) is 13.0 Å². The van der Waals surface area contributed by atoms with Gasteiger partial charge >= 0.3 is 0 Å². The highest BCUT2D eigenvalue weighted by molar-refractivity contribution is 6.31. The summed E-state index contributed by atoms with van der Waals surface area (Å²) in [5.74, 6) is 0.135. The molecule has 0 spiro atoms. The van der Waals surface area contributed by atoms with Crippen LogP contribution in [-0.4, -0.2) is 37.5 Å². The number of amides is 1. The Morgan fingerprint density at radius 2 is 2.17 bits per heavy atom. The summed E-state index contributed by atoms with van der Waals surface area (Å²) in [4.78, 5) is 15.7. The van der Waals surface area contributed by atoms with Crippen molar-refractivity contribution < 1.29 is 4.79 Å². The Balaban J connectivity index is 2.30. The predicted molar refractivity (Wildman–Crippen MR) is 73.8 cm³/mol. The molecule has 1 fully saturated rings. The van der Waals surface area contributed by atoms with Crippen LogP contribution in [0.15, 0.2) is 18.2 Å². The van der Waals surface area contributed by atoms with Gasteiger partial charge < -0.3 is 15.5 Å². The van der Waals surface area contributed by atoms with E-state index in [9.17, 15) is 4.79 Å². The predicted octanol–water partition coefficient (Wildman–Crippen LogP) is 1.47. The molecule has 0 aliphatic carbocycles. The quantitative estimate of drug-likeness (QED) is 0.883. The molecule has 0 saturated carbocycles. The fourth-order valence-electron chi connectivity index (χ4n) is 2.24. The highest BCUT2D eigenvalue weighted by atomic mass is 35.5. The molecule has 1 aromatic carbocycles. The molecule has 0 radical (unpaired) electrons. The summed E-state index contributed by atoms with van der Waals surface area (Å²) in [7, 11) is 1.84. The second-order valence-electron chi connectivity index (χ2n) is 4.53. The van der Waals surface area contributed by atoms with Crippen LogP contribution in [0, 0.1) is 0 Å². The molecule has 1 heterocycles. The lowest BCUT2D eigenvalue weighted by Crippen LogP contribution is -2.34. The summed E-state index contributed by atoms with van der Waals surface area (Å²) in [6.07, 6.45) is 0.957. The zero-order valence-electron chi connectivity index (χ0n) is 10.5. The van der Waals surface area contributed by atoms with Crippen molar-refractivity contribution in [2.75, 3.05) is 31.6 Å². The van der Waals surface area contributed by atoms with Gasteiger partial charge in [-0.05, 0) is 18.6 Å². The van der Waals surface area contributed by atoms with Crippen LogP contribution >= 0.6 is 11.6 Å². The van der Waals surface area contributed by atoms with Crippen molar-refractivity contribution >= 4 is 23.2 Å². The van der Waals surface area contributed by atoms with E-state index in [2.05, 4.69) is 4.90 Å². The minimum atomic E-state index is 0.135. The maximum Gasteiger partial charge on any atom is 0.241 e. The molecule has 1 aliphatic rings. The molecule has 2 rings (SSSR count). The van der Waals surface area contributed by atoms with E-state index < -0.39 is 0 Å². The Morgan fingerprint density at radius 3 is 2.89 bits per heavy atom. The summed E-state index contributed by atoms with van der Waals surface area (Å²) in [6, 6.07) is 5.71. The third-order valence-electron chi connectivity index (χ3n) is 3.31. The molecule has 1 saturated heterocycles. The van der Waals surface area contributed by atoms with E-state index in [-0.39, 0.29) is 5.91 Å². The Hall–Kier alpha value is -1.26. The second kappa shape index (κ2) is 5.59. The zero-order chi connectivity index (χ0) is 13.1. The summed E-state index contributed by atoms with van der Waals surface area (Å²) in [5.41, 5.74) is 7.65. The van der Waals surface area contributed by atoms with Crippen molar-refractivity contribution in [3.8, 4) is 0 Å². The third kappa shape index (κ3) is 2.60. The molecule has 4 nitrogen and oxygen atoms in total. The molecule has 0 unspecified atom stereocenters. The number of halogens is 1. The number of anilines is 1. The van der Waals surface area contributed by atoms with Crippen molar-refractivity contribution in [3.63, 3.8) is 0 Å².